The third kappa shape index (κ3) is 4.32. The van der Waals surface area contributed by atoms with Crippen LogP contribution in [-0.4, -0.2) is 57.2 Å². The van der Waals surface area contributed by atoms with E-state index in [0.29, 0.717) is 39.8 Å². The Morgan fingerprint density at radius 2 is 1.66 bits per heavy atom. The number of hydrogen-bond acceptors (Lipinski definition) is 7. The van der Waals surface area contributed by atoms with Crippen LogP contribution in [0.15, 0.2) is 54.9 Å². The zero-order valence-electron chi connectivity index (χ0n) is 20.2. The van der Waals surface area contributed by atoms with Crippen molar-refractivity contribution in [2.24, 2.45) is 0 Å². The molecule has 4 rings (SSSR count). The minimum absolute atomic E-state index is 0.235. The van der Waals surface area contributed by atoms with Crippen LogP contribution < -0.4 is 24.3 Å². The van der Waals surface area contributed by atoms with Gasteiger partial charge in [-0.25, -0.2) is 0 Å². The molecule has 0 spiro atoms. The van der Waals surface area contributed by atoms with E-state index in [0.717, 1.165) is 5.56 Å². The van der Waals surface area contributed by atoms with Gasteiger partial charge in [0.25, 0.3) is 5.91 Å². The molecule has 1 aromatic heterocycles. The molecule has 2 amide bonds. The molecule has 0 aliphatic carbocycles. The van der Waals surface area contributed by atoms with Gasteiger partial charge in [-0.1, -0.05) is 6.07 Å². The van der Waals surface area contributed by atoms with Crippen molar-refractivity contribution in [2.45, 2.75) is 12.0 Å². The molecule has 0 radical (unpaired) electrons. The largest absolute Gasteiger partial charge is 0.497 e. The summed E-state index contributed by atoms with van der Waals surface area (Å²) in [6, 6.07) is 11.5. The van der Waals surface area contributed by atoms with E-state index in [-0.39, 0.29) is 11.8 Å². The van der Waals surface area contributed by atoms with Crippen LogP contribution in [0.5, 0.6) is 23.0 Å². The summed E-state index contributed by atoms with van der Waals surface area (Å²) in [7, 11) is 7.76. The molecular formula is C26H27N3O6. The van der Waals surface area contributed by atoms with Gasteiger partial charge in [-0.2, -0.15) is 0 Å². The topological polar surface area (TPSA) is 99.2 Å². The minimum Gasteiger partial charge on any atom is -0.497 e. The molecule has 9 heteroatoms. The van der Waals surface area contributed by atoms with E-state index in [1.54, 1.807) is 67.8 Å². The summed E-state index contributed by atoms with van der Waals surface area (Å²) in [5.41, 5.74) is 2.10. The lowest BCUT2D eigenvalue weighted by Crippen LogP contribution is -2.44. The number of benzene rings is 2. The van der Waals surface area contributed by atoms with E-state index in [1.807, 2.05) is 6.07 Å². The number of pyridine rings is 1. The van der Waals surface area contributed by atoms with Crippen LogP contribution in [0.3, 0.4) is 0 Å². The smallest absolute Gasteiger partial charge is 0.254 e. The number of rotatable bonds is 7. The maximum atomic E-state index is 13.9. The molecule has 182 valence electrons. The fraction of sp³-hybridized carbons (Fsp3) is 0.269. The molecule has 0 saturated heterocycles. The third-order valence-corrected chi connectivity index (χ3v) is 6.15. The Bertz CT molecular complexity index is 1250. The maximum Gasteiger partial charge on any atom is 0.254 e. The van der Waals surface area contributed by atoms with E-state index in [9.17, 15) is 9.59 Å². The Hall–Kier alpha value is -4.27. The lowest BCUT2D eigenvalue weighted by Gasteiger charge is -2.40. The molecule has 1 aliphatic rings. The van der Waals surface area contributed by atoms with Crippen molar-refractivity contribution >= 4 is 17.5 Å². The first kappa shape index (κ1) is 23.9. The SMILES string of the molecule is COc1ccc(NC(=O)C2c3cc(OC)c(OC)cc3C(=O)N(C)C2c2cccnc2)c(OC)c1. The minimum atomic E-state index is -0.775. The van der Waals surface area contributed by atoms with Crippen LogP contribution in [0.25, 0.3) is 0 Å². The van der Waals surface area contributed by atoms with Gasteiger partial charge < -0.3 is 29.2 Å². The Balaban J connectivity index is 1.86. The molecule has 0 bridgehead atoms. The Morgan fingerprint density at radius 3 is 2.29 bits per heavy atom. The monoisotopic (exact) mass is 477 g/mol. The van der Waals surface area contributed by atoms with Crippen molar-refractivity contribution in [1.29, 1.82) is 0 Å². The first-order valence-electron chi connectivity index (χ1n) is 10.9. The summed E-state index contributed by atoms with van der Waals surface area (Å²) in [5.74, 6) is 0.540. The van der Waals surface area contributed by atoms with Crippen LogP contribution in [0.4, 0.5) is 5.69 Å². The highest BCUT2D eigenvalue weighted by atomic mass is 16.5. The molecule has 2 unspecified atom stereocenters. The number of aromatic nitrogens is 1. The number of hydrogen-bond donors (Lipinski definition) is 1. The molecule has 2 aromatic carbocycles. The molecule has 9 nitrogen and oxygen atoms in total. The third-order valence-electron chi connectivity index (χ3n) is 6.15. The summed E-state index contributed by atoms with van der Waals surface area (Å²) in [6.45, 7) is 0. The quantitative estimate of drug-likeness (QED) is 0.554. The first-order chi connectivity index (χ1) is 16.9. The van der Waals surface area contributed by atoms with E-state index in [4.69, 9.17) is 18.9 Å². The second kappa shape index (κ2) is 9.92. The molecule has 1 aliphatic heterocycles. The molecular weight excluding hydrogens is 450 g/mol. The average molecular weight is 478 g/mol. The van der Waals surface area contributed by atoms with E-state index >= 15 is 0 Å². The fourth-order valence-electron chi connectivity index (χ4n) is 4.41. The summed E-state index contributed by atoms with van der Waals surface area (Å²) in [4.78, 5) is 33.1. The molecule has 2 heterocycles. The molecule has 35 heavy (non-hydrogen) atoms. The lowest BCUT2D eigenvalue weighted by molar-refractivity contribution is -0.119. The van der Waals surface area contributed by atoms with Crippen LogP contribution in [0, 0.1) is 0 Å². The van der Waals surface area contributed by atoms with Crippen LogP contribution in [0.2, 0.25) is 0 Å². The summed E-state index contributed by atoms with van der Waals surface area (Å²) in [5, 5.41) is 2.97. The number of nitrogens with one attached hydrogen (secondary N) is 1. The van der Waals surface area contributed by atoms with E-state index in [1.165, 1.54) is 21.3 Å². The van der Waals surface area contributed by atoms with Gasteiger partial charge in [0.05, 0.1) is 46.1 Å². The van der Waals surface area contributed by atoms with Gasteiger partial charge in [0.15, 0.2) is 11.5 Å². The number of carbonyl (C=O) groups excluding carboxylic acids is 2. The normalized spacial score (nSPS) is 16.8. The molecule has 1 N–H and O–H groups in total. The standard InChI is InChI=1S/C26H27N3O6/c1-29-24(15-7-6-10-27-14-15)23(17-12-21(34-4)22(35-5)13-18(17)26(29)31)25(30)28-19-9-8-16(32-2)11-20(19)33-3/h6-14,23-24H,1-5H3,(H,28,30). The lowest BCUT2D eigenvalue weighted by atomic mass is 9.79. The second-order valence-electron chi connectivity index (χ2n) is 7.97. The highest BCUT2D eigenvalue weighted by Gasteiger charge is 2.44. The van der Waals surface area contributed by atoms with E-state index < -0.39 is 12.0 Å². The predicted octanol–water partition coefficient (Wildman–Crippen LogP) is 3.67. The van der Waals surface area contributed by atoms with Gasteiger partial charge in [0.1, 0.15) is 11.5 Å². The van der Waals surface area contributed by atoms with Gasteiger partial charge in [-0.3, -0.25) is 14.6 Å². The highest BCUT2D eigenvalue weighted by molar-refractivity contribution is 6.05. The number of carbonyl (C=O) groups is 2. The molecule has 3 aromatic rings. The number of likely N-dealkylation sites (N-methyl/N-ethyl adjacent to an activating group) is 1. The van der Waals surface area contributed by atoms with Crippen molar-refractivity contribution in [3.8, 4) is 23.0 Å². The average Bonchev–Trinajstić information content (AvgIpc) is 2.90. The molecule has 0 saturated carbocycles. The fourth-order valence-corrected chi connectivity index (χ4v) is 4.41. The van der Waals surface area contributed by atoms with Crippen LogP contribution in [0.1, 0.15) is 33.4 Å². The first-order valence-corrected chi connectivity index (χ1v) is 10.9. The van der Waals surface area contributed by atoms with Gasteiger partial charge >= 0.3 is 0 Å². The zero-order chi connectivity index (χ0) is 25.1. The number of methoxy groups -OCH3 is 4. The molecule has 2 atom stereocenters. The number of ether oxygens (including phenoxy) is 4. The number of anilines is 1. The second-order valence-corrected chi connectivity index (χ2v) is 7.97. The van der Waals surface area contributed by atoms with Crippen LogP contribution >= 0.6 is 0 Å². The van der Waals surface area contributed by atoms with Gasteiger partial charge in [0.2, 0.25) is 5.91 Å². The summed E-state index contributed by atoms with van der Waals surface area (Å²) >= 11 is 0. The van der Waals surface area contributed by atoms with E-state index in [2.05, 4.69) is 10.3 Å². The van der Waals surface area contributed by atoms with Gasteiger partial charge in [0, 0.05) is 31.1 Å². The van der Waals surface area contributed by atoms with Crippen molar-refractivity contribution in [2.75, 3.05) is 40.8 Å². The number of fused-ring (bicyclic) bond motifs is 1. The summed E-state index contributed by atoms with van der Waals surface area (Å²) in [6.07, 6.45) is 3.31. The predicted molar refractivity (Wildman–Crippen MR) is 130 cm³/mol. The maximum absolute atomic E-state index is 13.9. The number of amides is 2. The Kier molecular flexibility index (Phi) is 6.77. The molecule has 0 fully saturated rings. The highest BCUT2D eigenvalue weighted by Crippen LogP contribution is 2.46. The Morgan fingerprint density at radius 1 is 0.943 bits per heavy atom. The van der Waals surface area contributed by atoms with Crippen molar-refractivity contribution in [3.63, 3.8) is 0 Å². The zero-order valence-corrected chi connectivity index (χ0v) is 20.2. The van der Waals surface area contributed by atoms with Crippen molar-refractivity contribution in [3.05, 3.63) is 71.5 Å². The summed E-state index contributed by atoms with van der Waals surface area (Å²) < 4.78 is 21.6. The van der Waals surface area contributed by atoms with Crippen molar-refractivity contribution in [1.82, 2.24) is 9.88 Å². The van der Waals surface area contributed by atoms with Gasteiger partial charge in [-0.05, 0) is 41.5 Å². The van der Waals surface area contributed by atoms with Gasteiger partial charge in [-0.15, -0.1) is 0 Å². The van der Waals surface area contributed by atoms with Crippen molar-refractivity contribution < 1.29 is 28.5 Å². The van der Waals surface area contributed by atoms with Crippen LogP contribution in [-0.2, 0) is 4.79 Å². The Labute approximate surface area is 203 Å². The number of nitrogens with zero attached hydrogens (tertiary/aromatic N) is 2.